The van der Waals surface area contributed by atoms with Crippen molar-refractivity contribution in [3.05, 3.63) is 34.3 Å². The number of benzene rings is 1. The van der Waals surface area contributed by atoms with Gasteiger partial charge in [0.2, 0.25) is 0 Å². The van der Waals surface area contributed by atoms with E-state index in [4.69, 9.17) is 5.11 Å². The lowest BCUT2D eigenvalue weighted by atomic mass is 9.89. The van der Waals surface area contributed by atoms with Crippen LogP contribution < -0.4 is 0 Å². The van der Waals surface area contributed by atoms with Crippen LogP contribution in [0.3, 0.4) is 0 Å². The predicted molar refractivity (Wildman–Crippen MR) is 59.4 cm³/mol. The highest BCUT2D eigenvalue weighted by Gasteiger charge is 2.23. The number of hydrogen-bond acceptors (Lipinski definition) is 1. The Morgan fingerprint density at radius 3 is 2.50 bits per heavy atom. The second kappa shape index (κ2) is 4.60. The van der Waals surface area contributed by atoms with Crippen LogP contribution in [0, 0.1) is 5.92 Å². The molecule has 0 aliphatic rings. The second-order valence-corrected chi connectivity index (χ2v) is 4.53. The predicted octanol–water partition coefficient (Wildman–Crippen LogP) is 3.27. The number of carboxylic acids is 1. The van der Waals surface area contributed by atoms with Crippen LogP contribution in [0.15, 0.2) is 28.7 Å². The van der Waals surface area contributed by atoms with E-state index < -0.39 is 11.9 Å². The maximum atomic E-state index is 11.0. The molecule has 14 heavy (non-hydrogen) atoms. The van der Waals surface area contributed by atoms with Gasteiger partial charge in [-0.1, -0.05) is 41.9 Å². The van der Waals surface area contributed by atoms with Crippen LogP contribution in [0.2, 0.25) is 0 Å². The van der Waals surface area contributed by atoms with Crippen LogP contribution in [-0.2, 0) is 4.79 Å². The summed E-state index contributed by atoms with van der Waals surface area (Å²) in [6.45, 7) is 3.83. The molecule has 1 aromatic rings. The Bertz CT molecular complexity index is 334. The van der Waals surface area contributed by atoms with Gasteiger partial charge in [-0.15, -0.1) is 0 Å². The Morgan fingerprint density at radius 1 is 1.43 bits per heavy atom. The SMILES string of the molecule is CC(C)[C@@H](C(=O)O)c1cccc(Br)c1. The summed E-state index contributed by atoms with van der Waals surface area (Å²) < 4.78 is 0.918. The molecule has 0 saturated carbocycles. The van der Waals surface area contributed by atoms with Crippen LogP contribution in [0.1, 0.15) is 25.3 Å². The quantitative estimate of drug-likeness (QED) is 0.902. The minimum absolute atomic E-state index is 0.0989. The lowest BCUT2D eigenvalue weighted by molar-refractivity contribution is -0.139. The van der Waals surface area contributed by atoms with Gasteiger partial charge in [-0.2, -0.15) is 0 Å². The van der Waals surface area contributed by atoms with Crippen LogP contribution in [0.25, 0.3) is 0 Å². The number of carbonyl (C=O) groups is 1. The van der Waals surface area contributed by atoms with Gasteiger partial charge in [0.25, 0.3) is 0 Å². The fourth-order valence-corrected chi connectivity index (χ4v) is 1.93. The zero-order chi connectivity index (χ0) is 10.7. The molecule has 0 radical (unpaired) electrons. The van der Waals surface area contributed by atoms with Gasteiger partial charge < -0.3 is 5.11 Å². The van der Waals surface area contributed by atoms with Gasteiger partial charge in [0.05, 0.1) is 5.92 Å². The van der Waals surface area contributed by atoms with Crippen LogP contribution in [0.5, 0.6) is 0 Å². The van der Waals surface area contributed by atoms with Gasteiger partial charge in [0.15, 0.2) is 0 Å². The molecule has 1 atom stereocenters. The Labute approximate surface area is 92.1 Å². The zero-order valence-electron chi connectivity index (χ0n) is 8.20. The summed E-state index contributed by atoms with van der Waals surface area (Å²) >= 11 is 3.34. The van der Waals surface area contributed by atoms with Crippen LogP contribution >= 0.6 is 15.9 Å². The molecule has 0 fully saturated rings. The molecular formula is C11H13BrO2. The lowest BCUT2D eigenvalue weighted by Gasteiger charge is -2.16. The molecule has 1 rings (SSSR count). The fraction of sp³-hybridized carbons (Fsp3) is 0.364. The summed E-state index contributed by atoms with van der Waals surface area (Å²) in [6.07, 6.45) is 0. The molecule has 3 heteroatoms. The Morgan fingerprint density at radius 2 is 2.07 bits per heavy atom. The molecule has 76 valence electrons. The third kappa shape index (κ3) is 2.58. The highest BCUT2D eigenvalue weighted by Crippen LogP contribution is 2.26. The van der Waals surface area contributed by atoms with E-state index in [0.29, 0.717) is 0 Å². The number of carboxylic acid groups (broad SMARTS) is 1. The van der Waals surface area contributed by atoms with Gasteiger partial charge in [-0.3, -0.25) is 4.79 Å². The van der Waals surface area contributed by atoms with Crippen LogP contribution in [0.4, 0.5) is 0 Å². The van der Waals surface area contributed by atoms with Crippen LogP contribution in [-0.4, -0.2) is 11.1 Å². The van der Waals surface area contributed by atoms with Crippen molar-refractivity contribution in [2.24, 2.45) is 5.92 Å². The minimum atomic E-state index is -0.766. The lowest BCUT2D eigenvalue weighted by Crippen LogP contribution is -2.17. The average molecular weight is 257 g/mol. The number of aliphatic carboxylic acids is 1. The van der Waals surface area contributed by atoms with Gasteiger partial charge >= 0.3 is 5.97 Å². The summed E-state index contributed by atoms with van der Waals surface area (Å²) in [6, 6.07) is 7.46. The van der Waals surface area contributed by atoms with Crippen molar-refractivity contribution < 1.29 is 9.90 Å². The highest BCUT2D eigenvalue weighted by molar-refractivity contribution is 9.10. The van der Waals surface area contributed by atoms with Crippen molar-refractivity contribution in [2.45, 2.75) is 19.8 Å². The smallest absolute Gasteiger partial charge is 0.311 e. The molecule has 0 heterocycles. The third-order valence-corrected chi connectivity index (χ3v) is 2.63. The first-order valence-electron chi connectivity index (χ1n) is 4.50. The first-order chi connectivity index (χ1) is 6.52. The Balaban J connectivity index is 3.05. The summed E-state index contributed by atoms with van der Waals surface area (Å²) in [7, 11) is 0. The molecule has 0 amide bonds. The molecule has 0 spiro atoms. The molecule has 1 aromatic carbocycles. The van der Waals surface area contributed by atoms with E-state index in [-0.39, 0.29) is 5.92 Å². The van der Waals surface area contributed by atoms with E-state index in [1.807, 2.05) is 38.1 Å². The highest BCUT2D eigenvalue weighted by atomic mass is 79.9. The molecule has 0 bridgehead atoms. The van der Waals surface area contributed by atoms with Gasteiger partial charge in [-0.25, -0.2) is 0 Å². The molecule has 1 N–H and O–H groups in total. The maximum absolute atomic E-state index is 11.0. The monoisotopic (exact) mass is 256 g/mol. The number of rotatable bonds is 3. The van der Waals surface area contributed by atoms with Gasteiger partial charge in [-0.05, 0) is 23.6 Å². The van der Waals surface area contributed by atoms with E-state index >= 15 is 0 Å². The van der Waals surface area contributed by atoms with E-state index in [0.717, 1.165) is 10.0 Å². The van der Waals surface area contributed by atoms with Gasteiger partial charge in [0.1, 0.15) is 0 Å². The third-order valence-electron chi connectivity index (χ3n) is 2.14. The second-order valence-electron chi connectivity index (χ2n) is 3.61. The van der Waals surface area contributed by atoms with E-state index in [2.05, 4.69) is 15.9 Å². The first-order valence-corrected chi connectivity index (χ1v) is 5.30. The van der Waals surface area contributed by atoms with E-state index in [1.54, 1.807) is 0 Å². The Kier molecular flexibility index (Phi) is 3.69. The minimum Gasteiger partial charge on any atom is -0.481 e. The number of halogens is 1. The van der Waals surface area contributed by atoms with Crippen molar-refractivity contribution >= 4 is 21.9 Å². The van der Waals surface area contributed by atoms with Crippen molar-refractivity contribution in [2.75, 3.05) is 0 Å². The van der Waals surface area contributed by atoms with E-state index in [9.17, 15) is 4.79 Å². The molecule has 0 unspecified atom stereocenters. The number of hydrogen-bond donors (Lipinski definition) is 1. The van der Waals surface area contributed by atoms with Crippen molar-refractivity contribution in [1.29, 1.82) is 0 Å². The summed E-state index contributed by atoms with van der Waals surface area (Å²) in [5, 5.41) is 9.07. The molecular weight excluding hydrogens is 244 g/mol. The zero-order valence-corrected chi connectivity index (χ0v) is 9.78. The molecule has 0 aliphatic carbocycles. The first kappa shape index (κ1) is 11.2. The topological polar surface area (TPSA) is 37.3 Å². The maximum Gasteiger partial charge on any atom is 0.311 e. The fourth-order valence-electron chi connectivity index (χ4n) is 1.51. The summed E-state index contributed by atoms with van der Waals surface area (Å²) in [4.78, 5) is 11.0. The van der Waals surface area contributed by atoms with E-state index in [1.165, 1.54) is 0 Å². The molecule has 0 saturated heterocycles. The molecule has 0 aliphatic heterocycles. The molecule has 0 aromatic heterocycles. The standard InChI is InChI=1S/C11H13BrO2/c1-7(2)10(11(13)14)8-4-3-5-9(12)6-8/h3-7,10H,1-2H3,(H,13,14)/t10-/m1/s1. The largest absolute Gasteiger partial charge is 0.481 e. The summed E-state index contributed by atoms with van der Waals surface area (Å²) in [5.41, 5.74) is 0.849. The average Bonchev–Trinajstić information content (AvgIpc) is 2.02. The van der Waals surface area contributed by atoms with Crippen molar-refractivity contribution in [3.8, 4) is 0 Å². The molecule has 2 nitrogen and oxygen atoms in total. The Hall–Kier alpha value is -0.830. The van der Waals surface area contributed by atoms with Crippen molar-refractivity contribution in [3.63, 3.8) is 0 Å². The summed E-state index contributed by atoms with van der Waals surface area (Å²) in [5.74, 6) is -1.09. The normalized spacial score (nSPS) is 12.9. The van der Waals surface area contributed by atoms with Crippen molar-refractivity contribution in [1.82, 2.24) is 0 Å². The van der Waals surface area contributed by atoms with Gasteiger partial charge in [0, 0.05) is 4.47 Å².